The van der Waals surface area contributed by atoms with Gasteiger partial charge in [-0.25, -0.2) is 12.7 Å². The Bertz CT molecular complexity index is 538. The highest BCUT2D eigenvalue weighted by Crippen LogP contribution is 2.10. The van der Waals surface area contributed by atoms with Crippen molar-refractivity contribution >= 4 is 15.9 Å². The Balaban J connectivity index is 2.40. The van der Waals surface area contributed by atoms with Gasteiger partial charge in [-0.2, -0.15) is 0 Å². The topological polar surface area (TPSA) is 75.7 Å². The molecule has 6 nitrogen and oxygen atoms in total. The van der Waals surface area contributed by atoms with E-state index in [-0.39, 0.29) is 18.1 Å². The minimum absolute atomic E-state index is 0.0450. The first kappa shape index (κ1) is 16.5. The lowest BCUT2D eigenvalue weighted by Crippen LogP contribution is -2.30. The monoisotopic (exact) mass is 300 g/mol. The summed E-state index contributed by atoms with van der Waals surface area (Å²) in [6, 6.07) is 7.29. The van der Waals surface area contributed by atoms with Gasteiger partial charge in [-0.1, -0.05) is 12.1 Å². The zero-order chi connectivity index (χ0) is 15.2. The molecule has 1 N–H and O–H groups in total. The van der Waals surface area contributed by atoms with E-state index in [4.69, 9.17) is 4.74 Å². The molecular weight excluding hydrogens is 280 g/mol. The lowest BCUT2D eigenvalue weighted by atomic mass is 10.2. The van der Waals surface area contributed by atoms with Crippen LogP contribution in [0.2, 0.25) is 0 Å². The van der Waals surface area contributed by atoms with E-state index >= 15 is 0 Å². The molecule has 112 valence electrons. The van der Waals surface area contributed by atoms with Crippen LogP contribution in [-0.4, -0.2) is 45.6 Å². The fraction of sp³-hybridized carbons (Fsp3) is 0.462. The van der Waals surface area contributed by atoms with Crippen LogP contribution in [-0.2, 0) is 21.4 Å². The Labute approximate surface area is 119 Å². The second-order valence-corrected chi connectivity index (χ2v) is 6.78. The number of hydrogen-bond donors (Lipinski definition) is 1. The smallest absolute Gasteiger partial charge is 0.221 e. The molecule has 0 saturated heterocycles. The molecule has 0 heterocycles. The normalized spacial score (nSPS) is 11.4. The summed E-state index contributed by atoms with van der Waals surface area (Å²) in [7, 11) is 1.15. The molecule has 20 heavy (non-hydrogen) atoms. The fourth-order valence-corrected chi connectivity index (χ4v) is 2.25. The minimum atomic E-state index is -3.33. The molecule has 0 bridgehead atoms. The fourth-order valence-electron chi connectivity index (χ4n) is 1.44. The molecule has 0 fully saturated rings. The molecular formula is C13H20N2O4S. The maximum absolute atomic E-state index is 11.6. The van der Waals surface area contributed by atoms with Gasteiger partial charge in [0, 0.05) is 27.1 Å². The molecule has 0 aliphatic heterocycles. The van der Waals surface area contributed by atoms with Gasteiger partial charge in [0.1, 0.15) is 5.75 Å². The van der Waals surface area contributed by atoms with Crippen LogP contribution >= 0.6 is 0 Å². The highest BCUT2D eigenvalue weighted by molar-refractivity contribution is 7.89. The predicted molar refractivity (Wildman–Crippen MR) is 76.9 cm³/mol. The largest absolute Gasteiger partial charge is 0.497 e. The molecule has 0 radical (unpaired) electrons. The highest BCUT2D eigenvalue weighted by Gasteiger charge is 2.15. The average molecular weight is 300 g/mol. The van der Waals surface area contributed by atoms with Crippen molar-refractivity contribution in [2.24, 2.45) is 0 Å². The molecule has 0 unspecified atom stereocenters. The van der Waals surface area contributed by atoms with Crippen molar-refractivity contribution in [3.05, 3.63) is 29.8 Å². The van der Waals surface area contributed by atoms with Gasteiger partial charge in [-0.05, 0) is 17.7 Å². The number of nitrogens with zero attached hydrogens (tertiary/aromatic N) is 1. The maximum atomic E-state index is 11.6. The summed E-state index contributed by atoms with van der Waals surface area (Å²) < 4.78 is 29.2. The third kappa shape index (κ3) is 5.18. The second kappa shape index (κ2) is 7.25. The van der Waals surface area contributed by atoms with Crippen LogP contribution in [0.5, 0.6) is 5.75 Å². The number of methoxy groups -OCH3 is 1. The Morgan fingerprint density at radius 2 is 1.85 bits per heavy atom. The number of benzene rings is 1. The van der Waals surface area contributed by atoms with Crippen LogP contribution < -0.4 is 10.1 Å². The molecule has 0 atom stereocenters. The molecule has 7 heteroatoms. The summed E-state index contributed by atoms with van der Waals surface area (Å²) in [6.45, 7) is 0.366. The molecule has 0 aliphatic rings. The van der Waals surface area contributed by atoms with Gasteiger partial charge in [-0.3, -0.25) is 4.79 Å². The second-order valence-electron chi connectivity index (χ2n) is 4.47. The molecule has 0 aromatic heterocycles. The summed E-state index contributed by atoms with van der Waals surface area (Å²) in [4.78, 5) is 11.6. The first-order valence-corrected chi connectivity index (χ1v) is 7.76. The van der Waals surface area contributed by atoms with Crippen LogP contribution in [0, 0.1) is 0 Å². The number of hydrogen-bond acceptors (Lipinski definition) is 4. The summed E-state index contributed by atoms with van der Waals surface area (Å²) in [5, 5.41) is 2.69. The van der Waals surface area contributed by atoms with Gasteiger partial charge in [-0.15, -0.1) is 0 Å². The predicted octanol–water partition coefficient (Wildman–Crippen LogP) is 0.593. The van der Waals surface area contributed by atoms with Crippen molar-refractivity contribution in [3.8, 4) is 5.75 Å². The Morgan fingerprint density at radius 3 is 2.35 bits per heavy atom. The molecule has 1 amide bonds. The van der Waals surface area contributed by atoms with Gasteiger partial charge < -0.3 is 10.1 Å². The average Bonchev–Trinajstić information content (AvgIpc) is 2.43. The number of ether oxygens (including phenoxy) is 1. The van der Waals surface area contributed by atoms with Crippen LogP contribution in [0.4, 0.5) is 0 Å². The van der Waals surface area contributed by atoms with E-state index in [1.54, 1.807) is 19.2 Å². The van der Waals surface area contributed by atoms with Gasteiger partial charge in [0.05, 0.1) is 12.9 Å². The van der Waals surface area contributed by atoms with Crippen molar-refractivity contribution in [1.82, 2.24) is 9.62 Å². The zero-order valence-electron chi connectivity index (χ0n) is 11.9. The first-order chi connectivity index (χ1) is 9.35. The quantitative estimate of drug-likeness (QED) is 0.800. The van der Waals surface area contributed by atoms with Crippen molar-refractivity contribution in [2.45, 2.75) is 13.0 Å². The summed E-state index contributed by atoms with van der Waals surface area (Å²) in [6.07, 6.45) is -0.0450. The third-order valence-corrected chi connectivity index (χ3v) is 4.62. The van der Waals surface area contributed by atoms with Crippen LogP contribution in [0.25, 0.3) is 0 Å². The van der Waals surface area contributed by atoms with Gasteiger partial charge >= 0.3 is 0 Å². The lowest BCUT2D eigenvalue weighted by molar-refractivity contribution is -0.120. The number of amides is 1. The van der Waals surface area contributed by atoms with E-state index in [9.17, 15) is 13.2 Å². The van der Waals surface area contributed by atoms with Crippen LogP contribution in [0.1, 0.15) is 12.0 Å². The molecule has 0 saturated carbocycles. The van der Waals surface area contributed by atoms with Crippen LogP contribution in [0.3, 0.4) is 0 Å². The van der Waals surface area contributed by atoms with Gasteiger partial charge in [0.2, 0.25) is 15.9 Å². The zero-order valence-corrected chi connectivity index (χ0v) is 12.7. The minimum Gasteiger partial charge on any atom is -0.497 e. The molecule has 0 aliphatic carbocycles. The number of carbonyl (C=O) groups excluding carboxylic acids is 1. The Hall–Kier alpha value is -1.60. The molecule has 1 rings (SSSR count). The van der Waals surface area contributed by atoms with Gasteiger partial charge in [0.15, 0.2) is 0 Å². The molecule has 1 aromatic rings. The number of nitrogens with one attached hydrogen (secondary N) is 1. The Morgan fingerprint density at radius 1 is 1.25 bits per heavy atom. The van der Waals surface area contributed by atoms with E-state index in [0.717, 1.165) is 15.6 Å². The molecule has 0 spiro atoms. The maximum Gasteiger partial charge on any atom is 0.221 e. The summed E-state index contributed by atoms with van der Waals surface area (Å²) in [5.41, 5.74) is 0.926. The van der Waals surface area contributed by atoms with E-state index in [1.807, 2.05) is 12.1 Å². The van der Waals surface area contributed by atoms with Crippen molar-refractivity contribution in [1.29, 1.82) is 0 Å². The third-order valence-electron chi connectivity index (χ3n) is 2.79. The summed E-state index contributed by atoms with van der Waals surface area (Å²) in [5.74, 6) is 0.275. The first-order valence-electron chi connectivity index (χ1n) is 6.15. The Kier molecular flexibility index (Phi) is 5.97. The number of sulfonamides is 1. The van der Waals surface area contributed by atoms with Crippen molar-refractivity contribution < 1.29 is 17.9 Å². The van der Waals surface area contributed by atoms with Crippen LogP contribution in [0.15, 0.2) is 24.3 Å². The highest BCUT2D eigenvalue weighted by atomic mass is 32.2. The summed E-state index contributed by atoms with van der Waals surface area (Å²) >= 11 is 0. The SMILES string of the molecule is COc1ccc(CNC(=O)CCS(=O)(=O)N(C)C)cc1. The molecule has 1 aromatic carbocycles. The standard InChI is InChI=1S/C13H20N2O4S/c1-15(2)20(17,18)9-8-13(16)14-10-11-4-6-12(19-3)7-5-11/h4-7H,8-10H2,1-3H3,(H,14,16). The lowest BCUT2D eigenvalue weighted by Gasteiger charge is -2.11. The van der Waals surface area contributed by atoms with Gasteiger partial charge in [0.25, 0.3) is 0 Å². The van der Waals surface area contributed by atoms with Crippen molar-refractivity contribution in [3.63, 3.8) is 0 Å². The van der Waals surface area contributed by atoms with E-state index < -0.39 is 10.0 Å². The number of carbonyl (C=O) groups is 1. The van der Waals surface area contributed by atoms with Crippen molar-refractivity contribution in [2.75, 3.05) is 27.0 Å². The van der Waals surface area contributed by atoms with E-state index in [2.05, 4.69) is 5.32 Å². The number of rotatable bonds is 7. The van der Waals surface area contributed by atoms with E-state index in [1.165, 1.54) is 14.1 Å². The van der Waals surface area contributed by atoms with E-state index in [0.29, 0.717) is 6.54 Å².